The van der Waals surface area contributed by atoms with E-state index in [1.165, 1.54) is 25.7 Å². The number of likely N-dealkylation sites (tertiary alicyclic amines) is 1. The Balaban J connectivity index is 0.00000180. The minimum Gasteiger partial charge on any atom is -0.342 e. The summed E-state index contributed by atoms with van der Waals surface area (Å²) in [6.45, 7) is 4.21. The van der Waals surface area contributed by atoms with Crippen molar-refractivity contribution in [3.63, 3.8) is 0 Å². The van der Waals surface area contributed by atoms with E-state index < -0.39 is 0 Å². The second-order valence-electron chi connectivity index (χ2n) is 6.15. The number of halogens is 1. The molecule has 112 valence electrons. The van der Waals surface area contributed by atoms with Crippen LogP contribution >= 0.6 is 12.4 Å². The molecule has 1 aliphatic carbocycles. The van der Waals surface area contributed by atoms with Crippen LogP contribution in [0.25, 0.3) is 0 Å². The van der Waals surface area contributed by atoms with Gasteiger partial charge in [0.2, 0.25) is 5.91 Å². The van der Waals surface area contributed by atoms with Crippen molar-refractivity contribution in [3.8, 4) is 0 Å². The summed E-state index contributed by atoms with van der Waals surface area (Å²) < 4.78 is 0. The molecule has 3 atom stereocenters. The van der Waals surface area contributed by atoms with E-state index in [1.54, 1.807) is 0 Å². The van der Waals surface area contributed by atoms with Crippen LogP contribution in [-0.4, -0.2) is 29.9 Å². The number of carbonyl (C=O) groups is 1. The molecule has 19 heavy (non-hydrogen) atoms. The van der Waals surface area contributed by atoms with Crippen molar-refractivity contribution in [1.82, 2.24) is 4.90 Å². The van der Waals surface area contributed by atoms with E-state index in [0.29, 0.717) is 5.91 Å². The first-order chi connectivity index (χ1) is 8.70. The van der Waals surface area contributed by atoms with Gasteiger partial charge in [0, 0.05) is 25.0 Å². The predicted molar refractivity (Wildman–Crippen MR) is 81.4 cm³/mol. The zero-order chi connectivity index (χ0) is 13.0. The van der Waals surface area contributed by atoms with Crippen molar-refractivity contribution in [3.05, 3.63) is 0 Å². The number of nitrogens with two attached hydrogens (primary N) is 1. The molecule has 0 aromatic heterocycles. The Morgan fingerprint density at radius 1 is 1.16 bits per heavy atom. The molecule has 3 unspecified atom stereocenters. The van der Waals surface area contributed by atoms with Crippen molar-refractivity contribution >= 4 is 18.3 Å². The number of nitrogens with zero attached hydrogens (tertiary/aromatic N) is 1. The fourth-order valence-electron chi connectivity index (χ4n) is 3.50. The number of amides is 1. The van der Waals surface area contributed by atoms with Gasteiger partial charge in [-0.15, -0.1) is 12.4 Å². The molecule has 2 fully saturated rings. The summed E-state index contributed by atoms with van der Waals surface area (Å²) >= 11 is 0. The van der Waals surface area contributed by atoms with Gasteiger partial charge in [-0.2, -0.15) is 0 Å². The van der Waals surface area contributed by atoms with E-state index in [2.05, 4.69) is 11.8 Å². The molecule has 1 aliphatic heterocycles. The standard InChI is InChI=1S/C15H28N2O.ClH/c1-2-12-5-4-9-17(10-8-12)15(18)13-6-3-7-14(16)11-13;/h12-14H,2-11,16H2,1H3;1H. The average molecular weight is 289 g/mol. The largest absolute Gasteiger partial charge is 0.342 e. The van der Waals surface area contributed by atoms with Gasteiger partial charge in [-0.05, 0) is 44.4 Å². The highest BCUT2D eigenvalue weighted by Crippen LogP contribution is 2.27. The topological polar surface area (TPSA) is 46.3 Å². The van der Waals surface area contributed by atoms with Crippen LogP contribution in [0.3, 0.4) is 0 Å². The lowest BCUT2D eigenvalue weighted by Gasteiger charge is -2.31. The Morgan fingerprint density at radius 2 is 1.95 bits per heavy atom. The third-order valence-corrected chi connectivity index (χ3v) is 4.80. The highest BCUT2D eigenvalue weighted by atomic mass is 35.5. The molecule has 4 heteroatoms. The number of carbonyl (C=O) groups excluding carboxylic acids is 1. The molecule has 1 saturated heterocycles. The maximum absolute atomic E-state index is 12.5. The maximum Gasteiger partial charge on any atom is 0.225 e. The Labute approximate surface area is 123 Å². The van der Waals surface area contributed by atoms with Crippen molar-refractivity contribution in [1.29, 1.82) is 0 Å². The molecule has 2 rings (SSSR count). The van der Waals surface area contributed by atoms with Gasteiger partial charge in [-0.25, -0.2) is 0 Å². The summed E-state index contributed by atoms with van der Waals surface area (Å²) in [4.78, 5) is 14.6. The first-order valence-corrected chi connectivity index (χ1v) is 7.75. The van der Waals surface area contributed by atoms with E-state index in [-0.39, 0.29) is 24.4 Å². The molecule has 1 amide bonds. The lowest BCUT2D eigenvalue weighted by molar-refractivity contribution is -0.136. The summed E-state index contributed by atoms with van der Waals surface area (Å²) in [5.41, 5.74) is 6.00. The fourth-order valence-corrected chi connectivity index (χ4v) is 3.50. The number of hydrogen-bond donors (Lipinski definition) is 1. The minimum absolute atomic E-state index is 0. The summed E-state index contributed by atoms with van der Waals surface area (Å²) in [7, 11) is 0. The minimum atomic E-state index is 0. The summed E-state index contributed by atoms with van der Waals surface area (Å²) in [6.07, 6.45) is 9.13. The quantitative estimate of drug-likeness (QED) is 0.849. The number of hydrogen-bond acceptors (Lipinski definition) is 2. The molecule has 0 radical (unpaired) electrons. The van der Waals surface area contributed by atoms with Crippen molar-refractivity contribution in [2.24, 2.45) is 17.6 Å². The molecular weight excluding hydrogens is 260 g/mol. The monoisotopic (exact) mass is 288 g/mol. The summed E-state index contributed by atoms with van der Waals surface area (Å²) in [5, 5.41) is 0. The average Bonchev–Trinajstić information content (AvgIpc) is 2.63. The number of rotatable bonds is 2. The third kappa shape index (κ3) is 4.64. The van der Waals surface area contributed by atoms with Gasteiger partial charge in [0.25, 0.3) is 0 Å². The Morgan fingerprint density at radius 3 is 2.63 bits per heavy atom. The van der Waals surface area contributed by atoms with Gasteiger partial charge in [-0.3, -0.25) is 4.79 Å². The van der Waals surface area contributed by atoms with Gasteiger partial charge < -0.3 is 10.6 Å². The van der Waals surface area contributed by atoms with Crippen LogP contribution in [0.2, 0.25) is 0 Å². The zero-order valence-corrected chi connectivity index (χ0v) is 13.0. The Kier molecular flexibility index (Phi) is 7.16. The van der Waals surface area contributed by atoms with Gasteiger partial charge >= 0.3 is 0 Å². The van der Waals surface area contributed by atoms with E-state index in [1.807, 2.05) is 0 Å². The van der Waals surface area contributed by atoms with Crippen molar-refractivity contribution in [2.45, 2.75) is 64.3 Å². The van der Waals surface area contributed by atoms with Crippen LogP contribution in [0, 0.1) is 11.8 Å². The van der Waals surface area contributed by atoms with Gasteiger partial charge in [0.05, 0.1) is 0 Å². The summed E-state index contributed by atoms with van der Waals surface area (Å²) in [5.74, 6) is 1.44. The van der Waals surface area contributed by atoms with Crippen LogP contribution < -0.4 is 5.73 Å². The van der Waals surface area contributed by atoms with Gasteiger partial charge in [0.15, 0.2) is 0 Å². The van der Waals surface area contributed by atoms with Crippen molar-refractivity contribution in [2.75, 3.05) is 13.1 Å². The maximum atomic E-state index is 12.5. The van der Waals surface area contributed by atoms with Crippen LogP contribution in [0.4, 0.5) is 0 Å². The van der Waals surface area contributed by atoms with Gasteiger partial charge in [0.1, 0.15) is 0 Å². The Hall–Kier alpha value is -0.280. The normalized spacial score (nSPS) is 32.3. The predicted octanol–water partition coefficient (Wildman–Crippen LogP) is 2.96. The molecule has 0 bridgehead atoms. The molecular formula is C15H29ClN2O. The summed E-state index contributed by atoms with van der Waals surface area (Å²) in [6, 6.07) is 0.253. The molecule has 0 aromatic rings. The van der Waals surface area contributed by atoms with E-state index in [9.17, 15) is 4.79 Å². The highest BCUT2D eigenvalue weighted by molar-refractivity contribution is 5.85. The van der Waals surface area contributed by atoms with Crippen LogP contribution in [0.15, 0.2) is 0 Å². The molecule has 2 aliphatic rings. The SMILES string of the molecule is CCC1CCCN(C(=O)C2CCCC(N)C2)CC1.Cl. The highest BCUT2D eigenvalue weighted by Gasteiger charge is 2.29. The molecule has 1 saturated carbocycles. The van der Waals surface area contributed by atoms with E-state index >= 15 is 0 Å². The smallest absolute Gasteiger partial charge is 0.225 e. The third-order valence-electron chi connectivity index (χ3n) is 4.80. The molecule has 0 aromatic carbocycles. The lowest BCUT2D eigenvalue weighted by Crippen LogP contribution is -2.41. The van der Waals surface area contributed by atoms with E-state index in [4.69, 9.17) is 5.73 Å². The van der Waals surface area contributed by atoms with Gasteiger partial charge in [-0.1, -0.05) is 19.8 Å². The molecule has 0 spiro atoms. The van der Waals surface area contributed by atoms with Crippen LogP contribution in [0.1, 0.15) is 58.3 Å². The fraction of sp³-hybridized carbons (Fsp3) is 0.933. The van der Waals surface area contributed by atoms with Crippen molar-refractivity contribution < 1.29 is 4.79 Å². The second-order valence-corrected chi connectivity index (χ2v) is 6.15. The Bertz CT molecular complexity index is 285. The van der Waals surface area contributed by atoms with E-state index in [0.717, 1.165) is 44.7 Å². The van der Waals surface area contributed by atoms with Crippen LogP contribution in [-0.2, 0) is 4.79 Å². The second kappa shape index (κ2) is 8.11. The first-order valence-electron chi connectivity index (χ1n) is 7.75. The zero-order valence-electron chi connectivity index (χ0n) is 12.1. The lowest BCUT2D eigenvalue weighted by atomic mass is 9.85. The molecule has 1 heterocycles. The first kappa shape index (κ1) is 16.8. The molecule has 2 N–H and O–H groups in total. The van der Waals surface area contributed by atoms with Crippen LogP contribution in [0.5, 0.6) is 0 Å². The molecule has 3 nitrogen and oxygen atoms in total.